The summed E-state index contributed by atoms with van der Waals surface area (Å²) < 4.78 is 12.9. The number of aryl methyl sites for hydroxylation is 1. The molecular formula is C25H28N4O4. The van der Waals surface area contributed by atoms with Crippen molar-refractivity contribution >= 4 is 17.5 Å². The zero-order valence-electron chi connectivity index (χ0n) is 19.1. The van der Waals surface area contributed by atoms with Gasteiger partial charge in [-0.3, -0.25) is 9.59 Å². The molecule has 0 saturated carbocycles. The highest BCUT2D eigenvalue weighted by Gasteiger charge is 2.23. The fraction of sp³-hybridized carbons (Fsp3) is 0.320. The van der Waals surface area contributed by atoms with Crippen molar-refractivity contribution in [2.75, 3.05) is 31.6 Å². The monoisotopic (exact) mass is 448 g/mol. The Kier molecular flexibility index (Phi) is 6.63. The van der Waals surface area contributed by atoms with Crippen molar-refractivity contribution in [2.45, 2.75) is 27.2 Å². The van der Waals surface area contributed by atoms with Gasteiger partial charge in [0.05, 0.1) is 23.1 Å². The number of hydrogen-bond acceptors (Lipinski definition) is 5. The van der Waals surface area contributed by atoms with Crippen LogP contribution in [0.5, 0.6) is 11.5 Å². The standard InChI is InChI=1S/C25H28N4O4/c1-4-21-20(15-26-29(21)19-9-6-17(3)7-10-19)25(31)28(5-2)16-24(30)27-18-8-11-22-23(14-18)33-13-12-32-22/h6-11,14-15H,4-5,12-13,16H2,1-3H3,(H,27,30). The van der Waals surface area contributed by atoms with E-state index in [1.54, 1.807) is 29.1 Å². The lowest BCUT2D eigenvalue weighted by molar-refractivity contribution is -0.116. The highest BCUT2D eigenvalue weighted by Crippen LogP contribution is 2.32. The van der Waals surface area contributed by atoms with Crippen LogP contribution < -0.4 is 14.8 Å². The SMILES string of the molecule is CCc1c(C(=O)N(CC)CC(=O)Nc2ccc3c(c2)OCCO3)cnn1-c1ccc(C)cc1. The Morgan fingerprint density at radius 2 is 1.79 bits per heavy atom. The molecule has 0 aliphatic carbocycles. The van der Waals surface area contributed by atoms with E-state index in [-0.39, 0.29) is 18.4 Å². The van der Waals surface area contributed by atoms with Gasteiger partial charge in [-0.1, -0.05) is 24.6 Å². The van der Waals surface area contributed by atoms with Gasteiger partial charge in [0.2, 0.25) is 5.91 Å². The lowest BCUT2D eigenvalue weighted by atomic mass is 10.1. The Labute approximate surface area is 193 Å². The molecule has 0 atom stereocenters. The third-order valence-corrected chi connectivity index (χ3v) is 5.54. The summed E-state index contributed by atoms with van der Waals surface area (Å²) in [4.78, 5) is 27.5. The Morgan fingerprint density at radius 1 is 1.06 bits per heavy atom. The van der Waals surface area contributed by atoms with Crippen LogP contribution in [0.2, 0.25) is 0 Å². The predicted molar refractivity (Wildman–Crippen MR) is 125 cm³/mol. The smallest absolute Gasteiger partial charge is 0.257 e. The van der Waals surface area contributed by atoms with Gasteiger partial charge >= 0.3 is 0 Å². The van der Waals surface area contributed by atoms with Crippen molar-refractivity contribution in [3.63, 3.8) is 0 Å². The van der Waals surface area contributed by atoms with Crippen LogP contribution in [0.15, 0.2) is 48.7 Å². The Balaban J connectivity index is 1.48. The van der Waals surface area contributed by atoms with E-state index in [0.29, 0.717) is 48.9 Å². The molecule has 8 heteroatoms. The Morgan fingerprint density at radius 3 is 2.48 bits per heavy atom. The number of carbonyl (C=O) groups excluding carboxylic acids is 2. The van der Waals surface area contributed by atoms with Crippen LogP contribution in [-0.2, 0) is 11.2 Å². The lowest BCUT2D eigenvalue weighted by Gasteiger charge is -2.21. The summed E-state index contributed by atoms with van der Waals surface area (Å²) in [6.07, 6.45) is 2.22. The summed E-state index contributed by atoms with van der Waals surface area (Å²) in [7, 11) is 0. The first-order valence-corrected chi connectivity index (χ1v) is 11.1. The number of likely N-dealkylation sites (N-methyl/N-ethyl adjacent to an activating group) is 1. The molecule has 3 aromatic rings. The maximum Gasteiger partial charge on any atom is 0.257 e. The van der Waals surface area contributed by atoms with Gasteiger partial charge in [0.1, 0.15) is 19.8 Å². The number of hydrogen-bond donors (Lipinski definition) is 1. The topological polar surface area (TPSA) is 85.7 Å². The number of nitrogens with zero attached hydrogens (tertiary/aromatic N) is 3. The van der Waals surface area contributed by atoms with Crippen LogP contribution in [0.25, 0.3) is 5.69 Å². The average Bonchev–Trinajstić information content (AvgIpc) is 3.26. The number of amides is 2. The number of carbonyl (C=O) groups is 2. The molecule has 4 rings (SSSR count). The Hall–Kier alpha value is -3.81. The van der Waals surface area contributed by atoms with Crippen LogP contribution >= 0.6 is 0 Å². The molecule has 8 nitrogen and oxygen atoms in total. The third kappa shape index (κ3) is 4.84. The van der Waals surface area contributed by atoms with Gasteiger partial charge in [0, 0.05) is 18.3 Å². The summed E-state index contributed by atoms with van der Waals surface area (Å²) in [5.41, 5.74) is 3.97. The van der Waals surface area contributed by atoms with Gasteiger partial charge in [-0.25, -0.2) is 4.68 Å². The largest absolute Gasteiger partial charge is 0.486 e. The van der Waals surface area contributed by atoms with E-state index in [1.165, 1.54) is 4.90 Å². The van der Waals surface area contributed by atoms with Crippen LogP contribution in [0.1, 0.15) is 35.5 Å². The maximum absolute atomic E-state index is 13.3. The maximum atomic E-state index is 13.3. The minimum absolute atomic E-state index is 0.0668. The molecule has 1 aliphatic heterocycles. The van der Waals surface area contributed by atoms with E-state index in [0.717, 1.165) is 16.9 Å². The lowest BCUT2D eigenvalue weighted by Crippen LogP contribution is -2.38. The van der Waals surface area contributed by atoms with Gasteiger partial charge in [0.15, 0.2) is 11.5 Å². The summed E-state index contributed by atoms with van der Waals surface area (Å²) in [6.45, 7) is 7.17. The van der Waals surface area contributed by atoms with Gasteiger partial charge in [0.25, 0.3) is 5.91 Å². The molecule has 0 fully saturated rings. The fourth-order valence-electron chi connectivity index (χ4n) is 3.79. The van der Waals surface area contributed by atoms with E-state index in [9.17, 15) is 9.59 Å². The molecule has 2 heterocycles. The number of ether oxygens (including phenoxy) is 2. The minimum Gasteiger partial charge on any atom is -0.486 e. The van der Waals surface area contributed by atoms with Crippen molar-refractivity contribution in [1.82, 2.24) is 14.7 Å². The molecule has 33 heavy (non-hydrogen) atoms. The summed E-state index contributed by atoms with van der Waals surface area (Å²) >= 11 is 0. The van der Waals surface area contributed by atoms with E-state index in [2.05, 4.69) is 10.4 Å². The number of benzene rings is 2. The molecule has 0 saturated heterocycles. The van der Waals surface area contributed by atoms with E-state index < -0.39 is 0 Å². The zero-order chi connectivity index (χ0) is 23.4. The minimum atomic E-state index is -0.286. The quantitative estimate of drug-likeness (QED) is 0.597. The van der Waals surface area contributed by atoms with Crippen molar-refractivity contribution < 1.29 is 19.1 Å². The summed E-state index contributed by atoms with van der Waals surface area (Å²) in [5.74, 6) is 0.747. The number of anilines is 1. The molecular weight excluding hydrogens is 420 g/mol. The molecule has 2 aromatic carbocycles. The number of aromatic nitrogens is 2. The second-order valence-electron chi connectivity index (χ2n) is 7.83. The molecule has 0 radical (unpaired) electrons. The van der Waals surface area contributed by atoms with Gasteiger partial charge in [-0.2, -0.15) is 5.10 Å². The van der Waals surface area contributed by atoms with Crippen LogP contribution in [0.4, 0.5) is 5.69 Å². The second-order valence-corrected chi connectivity index (χ2v) is 7.83. The first-order valence-electron chi connectivity index (χ1n) is 11.1. The van der Waals surface area contributed by atoms with Crippen molar-refractivity contribution in [3.05, 3.63) is 65.5 Å². The molecule has 1 aromatic heterocycles. The third-order valence-electron chi connectivity index (χ3n) is 5.54. The first-order chi connectivity index (χ1) is 16.0. The molecule has 0 bridgehead atoms. The van der Waals surface area contributed by atoms with Crippen molar-refractivity contribution in [3.8, 4) is 17.2 Å². The van der Waals surface area contributed by atoms with Crippen LogP contribution in [0.3, 0.4) is 0 Å². The van der Waals surface area contributed by atoms with Crippen LogP contribution in [-0.4, -0.2) is 52.8 Å². The fourth-order valence-corrected chi connectivity index (χ4v) is 3.79. The highest BCUT2D eigenvalue weighted by molar-refractivity contribution is 6.00. The van der Waals surface area contributed by atoms with Gasteiger partial charge < -0.3 is 19.7 Å². The van der Waals surface area contributed by atoms with E-state index in [4.69, 9.17) is 9.47 Å². The summed E-state index contributed by atoms with van der Waals surface area (Å²) in [5, 5.41) is 7.29. The van der Waals surface area contributed by atoms with E-state index in [1.807, 2.05) is 45.0 Å². The average molecular weight is 449 g/mol. The van der Waals surface area contributed by atoms with Crippen LogP contribution in [0, 0.1) is 6.92 Å². The van der Waals surface area contributed by atoms with Gasteiger partial charge in [-0.15, -0.1) is 0 Å². The van der Waals surface area contributed by atoms with Crippen molar-refractivity contribution in [1.29, 1.82) is 0 Å². The number of rotatable bonds is 7. The zero-order valence-corrected chi connectivity index (χ0v) is 19.1. The normalized spacial score (nSPS) is 12.3. The summed E-state index contributed by atoms with van der Waals surface area (Å²) in [6, 6.07) is 13.2. The molecule has 172 valence electrons. The highest BCUT2D eigenvalue weighted by atomic mass is 16.6. The Bertz CT molecular complexity index is 1150. The molecule has 0 unspecified atom stereocenters. The number of nitrogens with one attached hydrogen (secondary N) is 1. The van der Waals surface area contributed by atoms with E-state index >= 15 is 0 Å². The second kappa shape index (κ2) is 9.77. The molecule has 1 aliphatic rings. The number of fused-ring (bicyclic) bond motifs is 1. The first kappa shape index (κ1) is 22.4. The van der Waals surface area contributed by atoms with Gasteiger partial charge in [-0.05, 0) is 44.5 Å². The van der Waals surface area contributed by atoms with Crippen molar-refractivity contribution in [2.24, 2.45) is 0 Å². The molecule has 1 N–H and O–H groups in total. The molecule has 2 amide bonds. The predicted octanol–water partition coefficient (Wildman–Crippen LogP) is 3.62. The molecule has 0 spiro atoms.